The van der Waals surface area contributed by atoms with Crippen LogP contribution in [-0.2, 0) is 23.0 Å². The molecule has 4 rings (SSSR count). The highest BCUT2D eigenvalue weighted by atomic mass is 32.2. The molecule has 170 valence electrons. The molecule has 9 heteroatoms. The van der Waals surface area contributed by atoms with Crippen LogP contribution >= 0.6 is 0 Å². The fourth-order valence-electron chi connectivity index (χ4n) is 3.86. The van der Waals surface area contributed by atoms with Crippen LogP contribution in [0.4, 0.5) is 0 Å². The van der Waals surface area contributed by atoms with Gasteiger partial charge >= 0.3 is 0 Å². The van der Waals surface area contributed by atoms with E-state index in [9.17, 15) is 13.2 Å². The maximum Gasteiger partial charge on any atom is 0.287 e. The highest BCUT2D eigenvalue weighted by Crippen LogP contribution is 2.33. The maximum atomic E-state index is 12.8. The first-order valence-corrected chi connectivity index (χ1v) is 12.0. The molecule has 1 aliphatic rings. The number of furan rings is 1. The highest BCUT2D eigenvalue weighted by molar-refractivity contribution is 7.89. The van der Waals surface area contributed by atoms with E-state index in [0.717, 1.165) is 16.5 Å². The number of nitrogens with one attached hydrogen (secondary N) is 1. The van der Waals surface area contributed by atoms with Crippen LogP contribution in [0.5, 0.6) is 11.5 Å². The van der Waals surface area contributed by atoms with Crippen molar-refractivity contribution in [3.63, 3.8) is 0 Å². The number of nitrogens with zero attached hydrogens (tertiary/aromatic N) is 1. The largest absolute Gasteiger partial charge is 0.493 e. The lowest BCUT2D eigenvalue weighted by Gasteiger charge is -2.29. The third kappa shape index (κ3) is 4.58. The molecular formula is C23H26N2O6S. The van der Waals surface area contributed by atoms with E-state index in [0.29, 0.717) is 43.0 Å². The summed E-state index contributed by atoms with van der Waals surface area (Å²) in [5.74, 6) is 1.04. The van der Waals surface area contributed by atoms with Gasteiger partial charge in [-0.2, -0.15) is 4.31 Å². The van der Waals surface area contributed by atoms with Gasteiger partial charge in [0, 0.05) is 25.0 Å². The molecule has 0 radical (unpaired) electrons. The summed E-state index contributed by atoms with van der Waals surface area (Å²) in [5, 5.41) is 3.58. The van der Waals surface area contributed by atoms with Crippen LogP contribution < -0.4 is 14.8 Å². The van der Waals surface area contributed by atoms with Crippen molar-refractivity contribution in [2.75, 3.05) is 33.1 Å². The molecule has 1 N–H and O–H groups in total. The first kappa shape index (κ1) is 22.2. The molecule has 0 saturated heterocycles. The summed E-state index contributed by atoms with van der Waals surface area (Å²) < 4.78 is 43.4. The molecular weight excluding hydrogens is 432 g/mol. The molecule has 1 aromatic heterocycles. The Hall–Kier alpha value is -3.04. The summed E-state index contributed by atoms with van der Waals surface area (Å²) in [5.41, 5.74) is 2.61. The molecule has 2 aromatic carbocycles. The van der Waals surface area contributed by atoms with E-state index in [-0.39, 0.29) is 24.0 Å². The van der Waals surface area contributed by atoms with Crippen molar-refractivity contribution in [2.24, 2.45) is 0 Å². The number of hydrogen-bond acceptors (Lipinski definition) is 6. The number of fused-ring (bicyclic) bond motifs is 2. The molecule has 0 aliphatic carbocycles. The summed E-state index contributed by atoms with van der Waals surface area (Å²) in [6, 6.07) is 12.8. The van der Waals surface area contributed by atoms with Crippen molar-refractivity contribution in [2.45, 2.75) is 19.4 Å². The van der Waals surface area contributed by atoms with Gasteiger partial charge < -0.3 is 19.2 Å². The van der Waals surface area contributed by atoms with Gasteiger partial charge in [-0.05, 0) is 48.2 Å². The lowest BCUT2D eigenvalue weighted by Crippen LogP contribution is -2.38. The second kappa shape index (κ2) is 9.22. The van der Waals surface area contributed by atoms with Gasteiger partial charge in [-0.25, -0.2) is 8.42 Å². The second-order valence-electron chi connectivity index (χ2n) is 7.63. The molecule has 0 saturated carbocycles. The summed E-state index contributed by atoms with van der Waals surface area (Å²) >= 11 is 0. The Labute approximate surface area is 187 Å². The molecule has 0 spiro atoms. The third-order valence-corrected chi connectivity index (χ3v) is 7.49. The number of ether oxygens (including phenoxy) is 2. The second-order valence-corrected chi connectivity index (χ2v) is 9.72. The first-order valence-electron chi connectivity index (χ1n) is 10.4. The van der Waals surface area contributed by atoms with E-state index in [2.05, 4.69) is 5.32 Å². The van der Waals surface area contributed by atoms with E-state index in [1.54, 1.807) is 26.4 Å². The minimum absolute atomic E-state index is 0.0456. The zero-order valence-corrected chi connectivity index (χ0v) is 18.9. The van der Waals surface area contributed by atoms with Crippen molar-refractivity contribution in [1.82, 2.24) is 9.62 Å². The Morgan fingerprint density at radius 2 is 1.81 bits per heavy atom. The number of carbonyl (C=O) groups is 1. The number of sulfonamides is 1. The van der Waals surface area contributed by atoms with Crippen LogP contribution in [0.3, 0.4) is 0 Å². The topological polar surface area (TPSA) is 98.1 Å². The van der Waals surface area contributed by atoms with Crippen LogP contribution in [0.25, 0.3) is 11.0 Å². The Balaban J connectivity index is 1.32. The van der Waals surface area contributed by atoms with Crippen LogP contribution in [0.2, 0.25) is 0 Å². The third-order valence-electron chi connectivity index (χ3n) is 5.59. The number of methoxy groups -OCH3 is 2. The Morgan fingerprint density at radius 3 is 2.53 bits per heavy atom. The molecule has 0 unspecified atom stereocenters. The number of amides is 1. The van der Waals surface area contributed by atoms with E-state index >= 15 is 0 Å². The van der Waals surface area contributed by atoms with Crippen molar-refractivity contribution in [1.29, 1.82) is 0 Å². The molecule has 0 bridgehead atoms. The van der Waals surface area contributed by atoms with Gasteiger partial charge in [0.15, 0.2) is 17.3 Å². The van der Waals surface area contributed by atoms with Crippen LogP contribution in [0.1, 0.15) is 28.1 Å². The highest BCUT2D eigenvalue weighted by Gasteiger charge is 2.27. The van der Waals surface area contributed by atoms with Crippen molar-refractivity contribution >= 4 is 26.9 Å². The van der Waals surface area contributed by atoms with E-state index < -0.39 is 10.0 Å². The predicted molar refractivity (Wildman–Crippen MR) is 121 cm³/mol. The Bertz CT molecular complexity index is 1200. The smallest absolute Gasteiger partial charge is 0.287 e. The minimum atomic E-state index is -3.46. The maximum absolute atomic E-state index is 12.8. The standard InChI is InChI=1S/C23H26N2O6S/c1-29-20-12-16-8-10-25(15-18(16)14-21(20)30-2)32(27,28)11-5-9-24-23(26)22-13-17-6-3-4-7-19(17)31-22/h3-4,6-7,12-14H,5,8-11,15H2,1-2H3,(H,24,26). The summed E-state index contributed by atoms with van der Waals surface area (Å²) in [6.45, 7) is 0.948. The summed E-state index contributed by atoms with van der Waals surface area (Å²) in [6.07, 6.45) is 0.918. The van der Waals surface area contributed by atoms with Gasteiger partial charge in [-0.3, -0.25) is 4.79 Å². The van der Waals surface area contributed by atoms with E-state index in [1.807, 2.05) is 30.3 Å². The van der Waals surface area contributed by atoms with Crippen molar-refractivity contribution in [3.8, 4) is 11.5 Å². The van der Waals surface area contributed by atoms with Crippen LogP contribution in [0.15, 0.2) is 46.9 Å². The first-order chi connectivity index (χ1) is 15.4. The fraction of sp³-hybridized carbons (Fsp3) is 0.348. The SMILES string of the molecule is COc1cc2c(cc1OC)CN(S(=O)(=O)CCCNC(=O)c1cc3ccccc3o1)CC2. The van der Waals surface area contributed by atoms with Gasteiger partial charge in [-0.15, -0.1) is 0 Å². The zero-order valence-electron chi connectivity index (χ0n) is 18.1. The number of hydrogen-bond donors (Lipinski definition) is 1. The molecule has 0 atom stereocenters. The normalized spacial score (nSPS) is 14.2. The Kier molecular flexibility index (Phi) is 6.38. The molecule has 32 heavy (non-hydrogen) atoms. The average Bonchev–Trinajstić information content (AvgIpc) is 3.25. The van der Waals surface area contributed by atoms with Crippen molar-refractivity contribution < 1.29 is 27.1 Å². The lowest BCUT2D eigenvalue weighted by atomic mass is 10.0. The van der Waals surface area contributed by atoms with Gasteiger partial charge in [0.2, 0.25) is 10.0 Å². The van der Waals surface area contributed by atoms with Gasteiger partial charge in [0.25, 0.3) is 5.91 Å². The number of rotatable bonds is 8. The molecule has 1 aliphatic heterocycles. The summed E-state index contributed by atoms with van der Waals surface area (Å²) in [7, 11) is -0.321. The van der Waals surface area contributed by atoms with Gasteiger partial charge in [0.05, 0.1) is 20.0 Å². The minimum Gasteiger partial charge on any atom is -0.493 e. The number of benzene rings is 2. The van der Waals surface area contributed by atoms with Gasteiger partial charge in [0.1, 0.15) is 5.58 Å². The molecule has 8 nitrogen and oxygen atoms in total. The fourth-order valence-corrected chi connectivity index (χ4v) is 5.33. The number of carbonyl (C=O) groups excluding carboxylic acids is 1. The number of para-hydroxylation sites is 1. The van der Waals surface area contributed by atoms with E-state index in [4.69, 9.17) is 13.9 Å². The predicted octanol–water partition coefficient (Wildman–Crippen LogP) is 2.96. The lowest BCUT2D eigenvalue weighted by molar-refractivity contribution is 0.0928. The van der Waals surface area contributed by atoms with E-state index in [1.165, 1.54) is 4.31 Å². The van der Waals surface area contributed by atoms with Gasteiger partial charge in [-0.1, -0.05) is 18.2 Å². The molecule has 2 heterocycles. The molecule has 1 amide bonds. The quantitative estimate of drug-likeness (QED) is 0.521. The summed E-state index contributed by atoms with van der Waals surface area (Å²) in [4.78, 5) is 12.3. The van der Waals surface area contributed by atoms with Crippen LogP contribution in [0, 0.1) is 0 Å². The monoisotopic (exact) mass is 458 g/mol. The molecule has 0 fully saturated rings. The molecule has 3 aromatic rings. The zero-order chi connectivity index (χ0) is 22.7. The van der Waals surface area contributed by atoms with Crippen LogP contribution in [-0.4, -0.2) is 51.7 Å². The Morgan fingerprint density at radius 1 is 1.09 bits per heavy atom. The van der Waals surface area contributed by atoms with Crippen molar-refractivity contribution in [3.05, 3.63) is 59.4 Å². The average molecular weight is 459 g/mol.